The molecule has 0 saturated heterocycles. The number of nitrogens with zero attached hydrogens (tertiary/aromatic N) is 3. The summed E-state index contributed by atoms with van der Waals surface area (Å²) in [6, 6.07) is 2.82. The van der Waals surface area contributed by atoms with Crippen LogP contribution in [0.3, 0.4) is 0 Å². The number of halogens is 4. The number of alkyl halides is 3. The van der Waals surface area contributed by atoms with Gasteiger partial charge in [-0.15, -0.1) is 0 Å². The summed E-state index contributed by atoms with van der Waals surface area (Å²) in [5, 5.41) is 29.7. The molecule has 0 radical (unpaired) electrons. The Balaban J connectivity index is 3.53. The molecule has 0 aromatic heterocycles. The van der Waals surface area contributed by atoms with Crippen LogP contribution in [-0.2, 0) is 6.18 Å². The molecule has 0 aliphatic heterocycles. The highest BCUT2D eigenvalue weighted by molar-refractivity contribution is 9.10. The molecule has 0 atom stereocenters. The monoisotopic (exact) mass is 378 g/mol. The molecule has 8 nitrogen and oxygen atoms in total. The minimum absolute atomic E-state index is 0.159. The maximum atomic E-state index is 13.0. The number of hydrazone groups is 1. The van der Waals surface area contributed by atoms with Crippen molar-refractivity contribution in [3.63, 3.8) is 0 Å². The molecule has 0 heterocycles. The van der Waals surface area contributed by atoms with Crippen molar-refractivity contribution in [3.05, 3.63) is 32.3 Å². The lowest BCUT2D eigenvalue weighted by molar-refractivity contribution is -0.384. The third-order valence-electron chi connectivity index (χ3n) is 2.22. The maximum Gasteiger partial charge on any atom is 0.418 e. The van der Waals surface area contributed by atoms with Crippen molar-refractivity contribution < 1.29 is 18.1 Å². The second-order valence-corrected chi connectivity index (χ2v) is 4.62. The van der Waals surface area contributed by atoms with E-state index in [0.29, 0.717) is 6.07 Å². The first kappa shape index (κ1) is 17.4. The van der Waals surface area contributed by atoms with Crippen LogP contribution in [0.4, 0.5) is 24.5 Å². The van der Waals surface area contributed by atoms with Crippen LogP contribution in [0.15, 0.2) is 21.7 Å². The fraction of sp³-hybridized carbons (Fsp3) is 0.100. The summed E-state index contributed by atoms with van der Waals surface area (Å²) in [5.41, 5.74) is 2.82. The fourth-order valence-corrected chi connectivity index (χ4v) is 1.78. The van der Waals surface area contributed by atoms with Crippen LogP contribution in [0.1, 0.15) is 5.56 Å². The zero-order valence-corrected chi connectivity index (χ0v) is 12.0. The number of nitro groups is 1. The predicted octanol–water partition coefficient (Wildman–Crippen LogP) is 2.60. The molecule has 1 aromatic carbocycles. The van der Waals surface area contributed by atoms with Crippen LogP contribution in [0, 0.1) is 26.9 Å². The van der Waals surface area contributed by atoms with Gasteiger partial charge in [0.25, 0.3) is 5.69 Å². The Morgan fingerprint density at radius 3 is 2.55 bits per heavy atom. The Hall–Kier alpha value is -2.68. The molecular formula is C10H6BrF3N6O2. The van der Waals surface area contributed by atoms with E-state index in [-0.39, 0.29) is 4.47 Å². The first-order valence-corrected chi connectivity index (χ1v) is 6.00. The van der Waals surface area contributed by atoms with Crippen LogP contribution >= 0.6 is 15.9 Å². The minimum Gasteiger partial charge on any atom is -0.382 e. The van der Waals surface area contributed by atoms with Crippen molar-refractivity contribution in [2.75, 3.05) is 5.43 Å². The molecule has 0 saturated carbocycles. The van der Waals surface area contributed by atoms with E-state index in [4.69, 9.17) is 16.4 Å². The molecule has 22 heavy (non-hydrogen) atoms. The third kappa shape index (κ3) is 3.92. The minimum atomic E-state index is -4.91. The second kappa shape index (κ2) is 6.39. The molecule has 0 bridgehead atoms. The van der Waals surface area contributed by atoms with Gasteiger partial charge in [0.15, 0.2) is 5.84 Å². The molecule has 4 N–H and O–H groups in total. The summed E-state index contributed by atoms with van der Waals surface area (Å²) in [7, 11) is 0. The van der Waals surface area contributed by atoms with Gasteiger partial charge >= 0.3 is 6.18 Å². The zero-order valence-electron chi connectivity index (χ0n) is 10.4. The molecule has 0 amide bonds. The lowest BCUT2D eigenvalue weighted by Gasteiger charge is -2.13. The number of nitrogens with one attached hydrogen (secondary N) is 2. The van der Waals surface area contributed by atoms with Crippen molar-refractivity contribution in [2.24, 2.45) is 10.8 Å². The van der Waals surface area contributed by atoms with E-state index in [9.17, 15) is 23.3 Å². The summed E-state index contributed by atoms with van der Waals surface area (Å²) >= 11 is 2.75. The molecular weight excluding hydrogens is 373 g/mol. The highest BCUT2D eigenvalue weighted by Gasteiger charge is 2.37. The molecule has 0 unspecified atom stereocenters. The Kier molecular flexibility index (Phi) is 5.05. The van der Waals surface area contributed by atoms with Crippen LogP contribution in [-0.4, -0.2) is 16.5 Å². The standard InChI is InChI=1S/C10H6BrF3N6O2/c11-4-1-5(10(12,13)14)8(7(2-4)20(21)22)19-18-6(3-15)9(16)17/h1-2,19H,(H3,16,17)/b18-6+. The van der Waals surface area contributed by atoms with Crippen LogP contribution < -0.4 is 11.2 Å². The predicted molar refractivity (Wildman–Crippen MR) is 74.4 cm³/mol. The smallest absolute Gasteiger partial charge is 0.382 e. The largest absolute Gasteiger partial charge is 0.418 e. The highest BCUT2D eigenvalue weighted by Crippen LogP contribution is 2.41. The molecule has 0 spiro atoms. The van der Waals surface area contributed by atoms with Gasteiger partial charge in [0.1, 0.15) is 11.8 Å². The Bertz CT molecular complexity index is 710. The number of amidine groups is 1. The molecule has 1 rings (SSSR count). The Morgan fingerprint density at radius 2 is 2.14 bits per heavy atom. The highest BCUT2D eigenvalue weighted by atomic mass is 79.9. The number of rotatable bonds is 4. The Labute approximate surface area is 129 Å². The normalized spacial score (nSPS) is 11.7. The average molecular weight is 379 g/mol. The first-order chi connectivity index (χ1) is 10.1. The molecule has 0 aliphatic rings. The van der Waals surface area contributed by atoms with Gasteiger partial charge in [-0.1, -0.05) is 15.9 Å². The van der Waals surface area contributed by atoms with E-state index >= 15 is 0 Å². The summed E-state index contributed by atoms with van der Waals surface area (Å²) in [6.07, 6.45) is -4.91. The van der Waals surface area contributed by atoms with Gasteiger partial charge in [-0.3, -0.25) is 20.9 Å². The number of anilines is 1. The number of benzene rings is 1. The number of hydrogen-bond acceptors (Lipinski definition) is 6. The van der Waals surface area contributed by atoms with Crippen molar-refractivity contribution in [1.29, 1.82) is 10.7 Å². The first-order valence-electron chi connectivity index (χ1n) is 5.21. The molecule has 1 aromatic rings. The number of hydrogen-bond donors (Lipinski definition) is 3. The molecule has 0 aliphatic carbocycles. The SMILES string of the molecule is N#C/C(=N\Nc1c([N+](=O)[O-])cc(Br)cc1C(F)(F)F)C(=N)N. The van der Waals surface area contributed by atoms with Crippen LogP contribution in [0.2, 0.25) is 0 Å². The second-order valence-electron chi connectivity index (χ2n) is 3.70. The van der Waals surface area contributed by atoms with E-state index in [1.165, 1.54) is 6.07 Å². The third-order valence-corrected chi connectivity index (χ3v) is 2.68. The van der Waals surface area contributed by atoms with E-state index in [1.807, 2.05) is 0 Å². The van der Waals surface area contributed by atoms with Crippen molar-refractivity contribution in [3.8, 4) is 6.07 Å². The summed E-state index contributed by atoms with van der Waals surface area (Å²) in [5.74, 6) is -0.802. The lowest BCUT2D eigenvalue weighted by atomic mass is 10.1. The van der Waals surface area contributed by atoms with Gasteiger partial charge in [-0.25, -0.2) is 0 Å². The van der Waals surface area contributed by atoms with Gasteiger partial charge < -0.3 is 5.73 Å². The maximum absolute atomic E-state index is 13.0. The van der Waals surface area contributed by atoms with E-state index in [0.717, 1.165) is 6.07 Å². The summed E-state index contributed by atoms with van der Waals surface area (Å²) in [4.78, 5) is 9.85. The van der Waals surface area contributed by atoms with Gasteiger partial charge in [0, 0.05) is 10.5 Å². The number of nitriles is 1. The summed E-state index contributed by atoms with van der Waals surface area (Å²) < 4.78 is 38.8. The van der Waals surface area contributed by atoms with Gasteiger partial charge in [-0.2, -0.15) is 23.5 Å². The number of nitrogens with two attached hydrogens (primary N) is 1. The van der Waals surface area contributed by atoms with E-state index < -0.39 is 39.6 Å². The topological polar surface area (TPSA) is 141 Å². The molecule has 0 fully saturated rings. The van der Waals surface area contributed by atoms with Gasteiger partial charge in [0.05, 0.1) is 10.5 Å². The van der Waals surface area contributed by atoms with E-state index in [1.54, 1.807) is 5.43 Å². The molecule has 116 valence electrons. The zero-order chi connectivity index (χ0) is 17.1. The van der Waals surface area contributed by atoms with Crippen molar-refractivity contribution >= 4 is 38.9 Å². The fourth-order valence-electron chi connectivity index (χ4n) is 1.33. The quantitative estimate of drug-likeness (QED) is 0.319. The molecule has 12 heteroatoms. The van der Waals surface area contributed by atoms with Gasteiger partial charge in [-0.05, 0) is 6.07 Å². The average Bonchev–Trinajstić information content (AvgIpc) is 2.38. The lowest BCUT2D eigenvalue weighted by Crippen LogP contribution is -2.22. The number of nitro benzene ring substituents is 1. The van der Waals surface area contributed by atoms with Gasteiger partial charge in [0.2, 0.25) is 5.71 Å². The van der Waals surface area contributed by atoms with Crippen LogP contribution in [0.5, 0.6) is 0 Å². The van der Waals surface area contributed by atoms with Crippen molar-refractivity contribution in [1.82, 2.24) is 0 Å². The summed E-state index contributed by atoms with van der Waals surface area (Å²) in [6.45, 7) is 0. The van der Waals surface area contributed by atoms with Crippen molar-refractivity contribution in [2.45, 2.75) is 6.18 Å². The van der Waals surface area contributed by atoms with E-state index in [2.05, 4.69) is 21.0 Å². The Morgan fingerprint density at radius 1 is 1.55 bits per heavy atom. The van der Waals surface area contributed by atoms with Crippen LogP contribution in [0.25, 0.3) is 0 Å².